The van der Waals surface area contributed by atoms with Gasteiger partial charge in [-0.05, 0) is 35.7 Å². The number of aromatic nitrogens is 2. The lowest BCUT2D eigenvalue weighted by molar-refractivity contribution is -0.113. The van der Waals surface area contributed by atoms with Crippen molar-refractivity contribution >= 4 is 56.2 Å². The summed E-state index contributed by atoms with van der Waals surface area (Å²) in [6.07, 6.45) is 1.65. The molecule has 1 N–H and O–H groups in total. The lowest BCUT2D eigenvalue weighted by Gasteiger charge is -2.11. The molecule has 6 nitrogen and oxygen atoms in total. The fraction of sp³-hybridized carbons (Fsp3) is 0.0909. The molecule has 4 rings (SSSR count). The number of fused-ring (bicyclic) bond motifs is 1. The van der Waals surface area contributed by atoms with Crippen LogP contribution in [0.5, 0.6) is 0 Å². The molecule has 4 aromatic rings. The Bertz CT molecular complexity index is 1350. The number of nitriles is 1. The molecule has 1 amide bonds. The van der Waals surface area contributed by atoms with Crippen molar-refractivity contribution in [2.75, 3.05) is 11.1 Å². The number of anilines is 1. The molecule has 31 heavy (non-hydrogen) atoms. The number of hydrogen-bond donors (Lipinski definition) is 1. The molecule has 0 fully saturated rings. The molecule has 3 aromatic heterocycles. The predicted molar refractivity (Wildman–Crippen MR) is 128 cm³/mol. The smallest absolute Gasteiger partial charge is 0.263 e. The first-order chi connectivity index (χ1) is 15.1. The fourth-order valence-corrected chi connectivity index (χ4v) is 5.59. The van der Waals surface area contributed by atoms with Gasteiger partial charge in [-0.2, -0.15) is 5.26 Å². The summed E-state index contributed by atoms with van der Waals surface area (Å²) in [7, 11) is 0. The first kappa shape index (κ1) is 21.1. The van der Waals surface area contributed by atoms with Crippen LogP contribution >= 0.6 is 34.4 Å². The van der Waals surface area contributed by atoms with Crippen molar-refractivity contribution in [1.82, 2.24) is 9.55 Å². The van der Waals surface area contributed by atoms with E-state index >= 15 is 0 Å². The first-order valence-corrected chi connectivity index (χ1v) is 11.9. The van der Waals surface area contributed by atoms with Crippen molar-refractivity contribution in [3.63, 3.8) is 0 Å². The Morgan fingerprint density at radius 1 is 1.29 bits per heavy atom. The Hall–Kier alpha value is -3.19. The number of nitrogens with one attached hydrogen (secondary N) is 1. The van der Waals surface area contributed by atoms with Crippen LogP contribution in [0.25, 0.3) is 20.7 Å². The maximum atomic E-state index is 13.3. The maximum Gasteiger partial charge on any atom is 0.263 e. The zero-order valence-electron chi connectivity index (χ0n) is 16.2. The van der Waals surface area contributed by atoms with Crippen LogP contribution in [0.2, 0.25) is 0 Å². The topological polar surface area (TPSA) is 87.8 Å². The molecule has 0 atom stereocenters. The number of amides is 1. The van der Waals surface area contributed by atoms with E-state index in [-0.39, 0.29) is 17.2 Å². The molecule has 3 heterocycles. The zero-order valence-corrected chi connectivity index (χ0v) is 18.6. The first-order valence-electron chi connectivity index (χ1n) is 9.20. The van der Waals surface area contributed by atoms with E-state index in [2.05, 4.69) is 16.9 Å². The highest BCUT2D eigenvalue weighted by molar-refractivity contribution is 7.99. The second-order valence-corrected chi connectivity index (χ2v) is 9.18. The van der Waals surface area contributed by atoms with Crippen LogP contribution in [0, 0.1) is 11.3 Å². The summed E-state index contributed by atoms with van der Waals surface area (Å²) in [5.74, 6) is -0.127. The molecule has 0 saturated carbocycles. The molecule has 0 aliphatic rings. The number of thiophene rings is 2. The third-order valence-corrected chi connectivity index (χ3v) is 7.14. The third-order valence-electron chi connectivity index (χ3n) is 4.39. The molecule has 1 aromatic carbocycles. The second kappa shape index (κ2) is 9.31. The molecule has 0 radical (unpaired) electrons. The van der Waals surface area contributed by atoms with E-state index in [1.165, 1.54) is 23.1 Å². The molecule has 0 aliphatic carbocycles. The summed E-state index contributed by atoms with van der Waals surface area (Å²) in [4.78, 5) is 32.0. The molecule has 0 unspecified atom stereocenters. The van der Waals surface area contributed by atoms with Gasteiger partial charge >= 0.3 is 0 Å². The lowest BCUT2D eigenvalue weighted by atomic mass is 10.2. The highest BCUT2D eigenvalue weighted by Crippen LogP contribution is 2.34. The third kappa shape index (κ3) is 4.46. The lowest BCUT2D eigenvalue weighted by Crippen LogP contribution is -2.23. The van der Waals surface area contributed by atoms with Crippen molar-refractivity contribution in [3.8, 4) is 16.5 Å². The van der Waals surface area contributed by atoms with Gasteiger partial charge in [0.05, 0.1) is 22.8 Å². The SMILES string of the molecule is C=CCn1c(SCC(=O)Nc2ccc(C#N)cc2)nc2scc(-c3cccs3)c2c1=O. The number of carbonyl (C=O) groups is 1. The molecular formula is C22H16N4O2S3. The Morgan fingerprint density at radius 2 is 2.10 bits per heavy atom. The molecule has 9 heteroatoms. The minimum atomic E-state index is -0.223. The van der Waals surface area contributed by atoms with Crippen molar-refractivity contribution in [1.29, 1.82) is 5.26 Å². The number of rotatable bonds is 7. The quantitative estimate of drug-likeness (QED) is 0.237. The van der Waals surface area contributed by atoms with E-state index in [1.807, 2.05) is 29.0 Å². The fourth-order valence-electron chi connectivity index (χ4n) is 2.97. The highest BCUT2D eigenvalue weighted by atomic mass is 32.2. The summed E-state index contributed by atoms with van der Waals surface area (Å²) < 4.78 is 1.55. The zero-order chi connectivity index (χ0) is 21.8. The summed E-state index contributed by atoms with van der Waals surface area (Å²) in [5, 5.41) is 16.7. The minimum absolute atomic E-state index is 0.0955. The van der Waals surface area contributed by atoms with Crippen LogP contribution in [0.1, 0.15) is 5.56 Å². The Kier molecular flexibility index (Phi) is 6.32. The van der Waals surface area contributed by atoms with Crippen molar-refractivity contribution in [2.45, 2.75) is 11.7 Å². The molecule has 0 saturated heterocycles. The van der Waals surface area contributed by atoms with Gasteiger partial charge in [-0.1, -0.05) is 23.9 Å². The van der Waals surface area contributed by atoms with E-state index in [9.17, 15) is 9.59 Å². The number of benzene rings is 1. The average molecular weight is 465 g/mol. The van der Waals surface area contributed by atoms with Crippen molar-refractivity contribution in [2.24, 2.45) is 0 Å². The van der Waals surface area contributed by atoms with Gasteiger partial charge in [0.1, 0.15) is 4.83 Å². The van der Waals surface area contributed by atoms with Gasteiger partial charge in [-0.3, -0.25) is 14.2 Å². The van der Waals surface area contributed by atoms with Crippen LogP contribution in [0.15, 0.2) is 69.8 Å². The molecule has 0 bridgehead atoms. The standard InChI is InChI=1S/C22H16N4O2S3/c1-2-9-26-21(28)19-16(17-4-3-10-29-17)12-30-20(19)25-22(26)31-13-18(27)24-15-7-5-14(11-23)6-8-15/h2-8,10,12H,1,9,13H2,(H,24,27). The molecule has 0 aliphatic heterocycles. The summed E-state index contributed by atoms with van der Waals surface area (Å²) in [5.41, 5.74) is 1.89. The van der Waals surface area contributed by atoms with E-state index in [1.54, 1.807) is 46.2 Å². The summed E-state index contributed by atoms with van der Waals surface area (Å²) >= 11 is 4.21. The Labute approximate surface area is 190 Å². The predicted octanol–water partition coefficient (Wildman–Crippen LogP) is 4.97. The van der Waals surface area contributed by atoms with Gasteiger partial charge in [0, 0.05) is 28.1 Å². The van der Waals surface area contributed by atoms with Crippen molar-refractivity contribution < 1.29 is 4.79 Å². The van der Waals surface area contributed by atoms with Gasteiger partial charge in [-0.25, -0.2) is 4.98 Å². The van der Waals surface area contributed by atoms with Crippen LogP contribution in [0.4, 0.5) is 5.69 Å². The van der Waals surface area contributed by atoms with E-state index in [4.69, 9.17) is 5.26 Å². The maximum absolute atomic E-state index is 13.3. The number of hydrogen-bond acceptors (Lipinski definition) is 7. The van der Waals surface area contributed by atoms with Crippen molar-refractivity contribution in [3.05, 3.63) is 75.7 Å². The number of thioether (sulfide) groups is 1. The molecule has 154 valence electrons. The normalized spacial score (nSPS) is 10.7. The van der Waals surface area contributed by atoms with E-state index in [0.29, 0.717) is 33.2 Å². The van der Waals surface area contributed by atoms with Crippen LogP contribution in [-0.4, -0.2) is 21.2 Å². The van der Waals surface area contributed by atoms with E-state index < -0.39 is 0 Å². The number of nitrogens with zero attached hydrogens (tertiary/aromatic N) is 3. The highest BCUT2D eigenvalue weighted by Gasteiger charge is 2.18. The average Bonchev–Trinajstić information content (AvgIpc) is 3.45. The molecule has 0 spiro atoms. The largest absolute Gasteiger partial charge is 0.325 e. The minimum Gasteiger partial charge on any atom is -0.325 e. The monoisotopic (exact) mass is 464 g/mol. The van der Waals surface area contributed by atoms with Gasteiger partial charge in [0.15, 0.2) is 5.16 Å². The Morgan fingerprint density at radius 3 is 2.77 bits per heavy atom. The van der Waals surface area contributed by atoms with Gasteiger partial charge in [0.25, 0.3) is 5.56 Å². The summed E-state index contributed by atoms with van der Waals surface area (Å²) in [6, 6.07) is 12.6. The number of carbonyl (C=O) groups excluding carboxylic acids is 1. The summed E-state index contributed by atoms with van der Waals surface area (Å²) in [6.45, 7) is 4.06. The van der Waals surface area contributed by atoms with Crippen LogP contribution < -0.4 is 10.9 Å². The number of allylic oxidation sites excluding steroid dienone is 1. The van der Waals surface area contributed by atoms with E-state index in [0.717, 1.165) is 10.4 Å². The van der Waals surface area contributed by atoms with Crippen LogP contribution in [0.3, 0.4) is 0 Å². The second-order valence-electron chi connectivity index (χ2n) is 6.43. The Balaban J connectivity index is 1.59. The van der Waals surface area contributed by atoms with Gasteiger partial charge in [0.2, 0.25) is 5.91 Å². The molecular weight excluding hydrogens is 448 g/mol. The van der Waals surface area contributed by atoms with Gasteiger partial charge < -0.3 is 5.32 Å². The van der Waals surface area contributed by atoms with Crippen LogP contribution in [-0.2, 0) is 11.3 Å². The van der Waals surface area contributed by atoms with Gasteiger partial charge in [-0.15, -0.1) is 29.3 Å².